The SMILES string of the molecule is CN(Cc1ccccc1)S(=O)(=O)c1ccc(NC(=O)CN2CCC(C3OCCO3)CC2)cc1. The summed E-state index contributed by atoms with van der Waals surface area (Å²) in [4.78, 5) is 14.8. The van der Waals surface area contributed by atoms with E-state index < -0.39 is 10.0 Å². The summed E-state index contributed by atoms with van der Waals surface area (Å²) in [5, 5.41) is 2.86. The van der Waals surface area contributed by atoms with Crippen molar-refractivity contribution in [3.8, 4) is 0 Å². The van der Waals surface area contributed by atoms with Gasteiger partial charge in [0.05, 0.1) is 24.7 Å². The van der Waals surface area contributed by atoms with Crippen molar-refractivity contribution in [2.75, 3.05) is 45.2 Å². The monoisotopic (exact) mass is 473 g/mol. The first-order chi connectivity index (χ1) is 15.9. The smallest absolute Gasteiger partial charge is 0.243 e. The molecule has 2 aromatic carbocycles. The highest BCUT2D eigenvalue weighted by Gasteiger charge is 2.30. The van der Waals surface area contributed by atoms with E-state index in [2.05, 4.69) is 10.2 Å². The lowest BCUT2D eigenvalue weighted by atomic mass is 9.96. The van der Waals surface area contributed by atoms with Crippen molar-refractivity contribution < 1.29 is 22.7 Å². The van der Waals surface area contributed by atoms with Gasteiger partial charge in [-0.05, 0) is 55.8 Å². The zero-order valence-corrected chi connectivity index (χ0v) is 19.7. The molecule has 0 aromatic heterocycles. The minimum atomic E-state index is -3.63. The molecule has 0 radical (unpaired) electrons. The van der Waals surface area contributed by atoms with Gasteiger partial charge in [-0.25, -0.2) is 8.42 Å². The summed E-state index contributed by atoms with van der Waals surface area (Å²) >= 11 is 0. The molecule has 0 unspecified atom stereocenters. The van der Waals surface area contributed by atoms with Crippen LogP contribution in [0.15, 0.2) is 59.5 Å². The largest absolute Gasteiger partial charge is 0.350 e. The van der Waals surface area contributed by atoms with Gasteiger partial charge in [-0.15, -0.1) is 0 Å². The Morgan fingerprint density at radius 2 is 1.67 bits per heavy atom. The zero-order valence-electron chi connectivity index (χ0n) is 18.9. The second kappa shape index (κ2) is 10.8. The molecule has 178 valence electrons. The van der Waals surface area contributed by atoms with Crippen LogP contribution in [-0.2, 0) is 30.8 Å². The van der Waals surface area contributed by atoms with E-state index in [9.17, 15) is 13.2 Å². The molecule has 2 fully saturated rings. The number of hydrogen-bond acceptors (Lipinski definition) is 6. The summed E-state index contributed by atoms with van der Waals surface area (Å²) in [6, 6.07) is 15.8. The minimum Gasteiger partial charge on any atom is -0.350 e. The van der Waals surface area contributed by atoms with Crippen molar-refractivity contribution in [1.29, 1.82) is 0 Å². The highest BCUT2D eigenvalue weighted by atomic mass is 32.2. The number of carbonyl (C=O) groups excluding carboxylic acids is 1. The first kappa shape index (κ1) is 23.8. The predicted octanol–water partition coefficient (Wildman–Crippen LogP) is 2.53. The molecule has 8 nitrogen and oxygen atoms in total. The molecule has 0 spiro atoms. The molecule has 0 atom stereocenters. The molecule has 2 aliphatic heterocycles. The lowest BCUT2D eigenvalue weighted by Gasteiger charge is -2.33. The van der Waals surface area contributed by atoms with Crippen LogP contribution in [0.3, 0.4) is 0 Å². The zero-order chi connectivity index (χ0) is 23.3. The van der Waals surface area contributed by atoms with Gasteiger partial charge >= 0.3 is 0 Å². The lowest BCUT2D eigenvalue weighted by molar-refractivity contribution is -0.119. The van der Waals surface area contributed by atoms with Crippen LogP contribution < -0.4 is 5.32 Å². The van der Waals surface area contributed by atoms with Crippen molar-refractivity contribution in [2.45, 2.75) is 30.6 Å². The van der Waals surface area contributed by atoms with Crippen molar-refractivity contribution in [2.24, 2.45) is 5.92 Å². The Bertz CT molecular complexity index is 1020. The Morgan fingerprint density at radius 1 is 1.03 bits per heavy atom. The molecule has 0 bridgehead atoms. The van der Waals surface area contributed by atoms with Crippen molar-refractivity contribution in [1.82, 2.24) is 9.21 Å². The first-order valence-corrected chi connectivity index (χ1v) is 12.7. The number of anilines is 1. The van der Waals surface area contributed by atoms with Gasteiger partial charge in [-0.2, -0.15) is 4.31 Å². The van der Waals surface area contributed by atoms with Gasteiger partial charge < -0.3 is 14.8 Å². The Morgan fingerprint density at radius 3 is 2.30 bits per heavy atom. The predicted molar refractivity (Wildman–Crippen MR) is 125 cm³/mol. The second-order valence-corrected chi connectivity index (χ2v) is 10.6. The quantitative estimate of drug-likeness (QED) is 0.634. The van der Waals surface area contributed by atoms with Crippen LogP contribution in [0.1, 0.15) is 18.4 Å². The number of piperidine rings is 1. The Labute approximate surface area is 195 Å². The van der Waals surface area contributed by atoms with E-state index >= 15 is 0 Å². The van der Waals surface area contributed by atoms with E-state index in [4.69, 9.17) is 9.47 Å². The molecule has 1 N–H and O–H groups in total. The van der Waals surface area contributed by atoms with E-state index in [0.717, 1.165) is 31.5 Å². The normalized spacial score (nSPS) is 18.6. The highest BCUT2D eigenvalue weighted by molar-refractivity contribution is 7.89. The second-order valence-electron chi connectivity index (χ2n) is 8.54. The molecule has 2 heterocycles. The maximum Gasteiger partial charge on any atom is 0.243 e. The van der Waals surface area contributed by atoms with Crippen LogP contribution in [0, 0.1) is 5.92 Å². The van der Waals surface area contributed by atoms with Gasteiger partial charge in [0.1, 0.15) is 0 Å². The fraction of sp³-hybridized carbons (Fsp3) is 0.458. The fourth-order valence-electron chi connectivity index (χ4n) is 4.25. The maximum absolute atomic E-state index is 12.9. The number of nitrogens with zero attached hydrogens (tertiary/aromatic N) is 2. The number of nitrogens with one attached hydrogen (secondary N) is 1. The summed E-state index contributed by atoms with van der Waals surface area (Å²) in [7, 11) is -2.06. The topological polar surface area (TPSA) is 88.2 Å². The summed E-state index contributed by atoms with van der Waals surface area (Å²) in [6.45, 7) is 3.57. The Hall–Kier alpha value is -2.30. The maximum atomic E-state index is 12.9. The molecule has 2 saturated heterocycles. The molecule has 2 aliphatic rings. The number of carbonyl (C=O) groups is 1. The third-order valence-corrected chi connectivity index (χ3v) is 7.94. The van der Waals surface area contributed by atoms with E-state index in [0.29, 0.717) is 31.4 Å². The fourth-order valence-corrected chi connectivity index (χ4v) is 5.41. The van der Waals surface area contributed by atoms with Crippen LogP contribution in [-0.4, -0.2) is 69.7 Å². The van der Waals surface area contributed by atoms with Crippen LogP contribution in [0.5, 0.6) is 0 Å². The van der Waals surface area contributed by atoms with Crippen molar-refractivity contribution in [3.63, 3.8) is 0 Å². The Kier molecular flexibility index (Phi) is 7.77. The average molecular weight is 474 g/mol. The molecular weight excluding hydrogens is 442 g/mol. The van der Waals surface area contributed by atoms with E-state index in [1.54, 1.807) is 19.2 Å². The molecule has 4 rings (SSSR count). The molecule has 33 heavy (non-hydrogen) atoms. The molecule has 9 heteroatoms. The third kappa shape index (κ3) is 6.18. The number of sulfonamides is 1. The van der Waals surface area contributed by atoms with E-state index in [-0.39, 0.29) is 23.6 Å². The van der Waals surface area contributed by atoms with Crippen LogP contribution >= 0.6 is 0 Å². The Balaban J connectivity index is 1.27. The summed E-state index contributed by atoms with van der Waals surface area (Å²) in [5.41, 5.74) is 1.49. The third-order valence-electron chi connectivity index (χ3n) is 6.13. The lowest BCUT2D eigenvalue weighted by Crippen LogP contribution is -2.41. The number of benzene rings is 2. The number of likely N-dealkylation sites (tertiary alicyclic amines) is 1. The summed E-state index contributed by atoms with van der Waals surface area (Å²) in [6.07, 6.45) is 1.80. The highest BCUT2D eigenvalue weighted by Crippen LogP contribution is 2.26. The summed E-state index contributed by atoms with van der Waals surface area (Å²) < 4.78 is 38.3. The molecular formula is C24H31N3O5S. The number of hydrogen-bond donors (Lipinski definition) is 1. The molecule has 0 saturated carbocycles. The molecule has 2 aromatic rings. The van der Waals surface area contributed by atoms with Crippen LogP contribution in [0.25, 0.3) is 0 Å². The van der Waals surface area contributed by atoms with Gasteiger partial charge in [0.2, 0.25) is 15.9 Å². The van der Waals surface area contributed by atoms with Gasteiger partial charge in [0, 0.05) is 25.2 Å². The minimum absolute atomic E-state index is 0.0949. The van der Waals surface area contributed by atoms with Crippen LogP contribution in [0.4, 0.5) is 5.69 Å². The van der Waals surface area contributed by atoms with E-state index in [1.165, 1.54) is 16.4 Å². The summed E-state index contributed by atoms with van der Waals surface area (Å²) in [5.74, 6) is 0.278. The number of rotatable bonds is 8. The number of amides is 1. The van der Waals surface area contributed by atoms with Gasteiger partial charge in [0.25, 0.3) is 0 Å². The van der Waals surface area contributed by atoms with Gasteiger partial charge in [-0.1, -0.05) is 30.3 Å². The van der Waals surface area contributed by atoms with Crippen molar-refractivity contribution >= 4 is 21.6 Å². The van der Waals surface area contributed by atoms with Crippen molar-refractivity contribution in [3.05, 3.63) is 60.2 Å². The first-order valence-electron chi connectivity index (χ1n) is 11.3. The number of ether oxygens (including phenoxy) is 2. The molecule has 1 amide bonds. The average Bonchev–Trinajstić information content (AvgIpc) is 3.35. The van der Waals surface area contributed by atoms with Crippen LogP contribution in [0.2, 0.25) is 0 Å². The molecule has 0 aliphatic carbocycles. The van der Waals surface area contributed by atoms with Gasteiger partial charge in [0.15, 0.2) is 6.29 Å². The standard InChI is InChI=1S/C24H31N3O5S/c1-26(17-19-5-3-2-4-6-19)33(29,30)22-9-7-21(8-10-22)25-23(28)18-27-13-11-20(12-14-27)24-31-15-16-32-24/h2-10,20,24H,11-18H2,1H3,(H,25,28). The van der Waals surface area contributed by atoms with E-state index in [1.807, 2.05) is 30.3 Å². The van der Waals surface area contributed by atoms with Gasteiger partial charge in [-0.3, -0.25) is 9.69 Å².